The van der Waals surface area contributed by atoms with E-state index < -0.39 is 0 Å². The molecule has 1 saturated heterocycles. The van der Waals surface area contributed by atoms with E-state index in [0.29, 0.717) is 6.04 Å². The molecule has 6 heteroatoms. The average Bonchev–Trinajstić information content (AvgIpc) is 3.26. The molecule has 1 aliphatic rings. The Kier molecular flexibility index (Phi) is 3.09. The van der Waals surface area contributed by atoms with Gasteiger partial charge in [0, 0.05) is 31.0 Å². The minimum Gasteiger partial charge on any atom is -0.381 e. The maximum atomic E-state index is 5.48. The first-order valence-corrected chi connectivity index (χ1v) is 8.24. The van der Waals surface area contributed by atoms with Crippen LogP contribution in [0.15, 0.2) is 49.1 Å². The summed E-state index contributed by atoms with van der Waals surface area (Å²) in [6.45, 7) is 1.61. The number of hydrogen-bond donors (Lipinski definition) is 0. The summed E-state index contributed by atoms with van der Waals surface area (Å²) in [6, 6.07) is 10.5. The number of pyridine rings is 2. The van der Waals surface area contributed by atoms with Crippen molar-refractivity contribution in [3.8, 4) is 11.3 Å². The maximum absolute atomic E-state index is 5.48. The summed E-state index contributed by atoms with van der Waals surface area (Å²) in [7, 11) is 0. The van der Waals surface area contributed by atoms with Gasteiger partial charge in [0.1, 0.15) is 5.52 Å². The quantitative estimate of drug-likeness (QED) is 0.570. The standard InChI is InChI=1S/C18H17N5O/c1-2-8-23-17(3-1)14(11-20-23)15-4-5-16-18(21-15)22(12-19-16)13-6-9-24-10-7-13/h1-5,8,11-13H,6-7,9-10H2. The molecule has 4 aromatic rings. The van der Waals surface area contributed by atoms with Gasteiger partial charge in [-0.1, -0.05) is 6.07 Å². The Morgan fingerprint density at radius 1 is 1.08 bits per heavy atom. The van der Waals surface area contributed by atoms with E-state index in [-0.39, 0.29) is 0 Å². The largest absolute Gasteiger partial charge is 0.381 e. The van der Waals surface area contributed by atoms with Crippen LogP contribution in [-0.4, -0.2) is 37.4 Å². The minimum atomic E-state index is 0.412. The van der Waals surface area contributed by atoms with E-state index in [2.05, 4.69) is 20.7 Å². The molecule has 0 aliphatic carbocycles. The third-order valence-electron chi connectivity index (χ3n) is 4.71. The molecule has 0 N–H and O–H groups in total. The Morgan fingerprint density at radius 3 is 2.92 bits per heavy atom. The van der Waals surface area contributed by atoms with Crippen LogP contribution >= 0.6 is 0 Å². The van der Waals surface area contributed by atoms with Crippen molar-refractivity contribution < 1.29 is 4.74 Å². The minimum absolute atomic E-state index is 0.412. The first-order valence-electron chi connectivity index (χ1n) is 8.24. The summed E-state index contributed by atoms with van der Waals surface area (Å²) in [5.41, 5.74) is 4.90. The lowest BCUT2D eigenvalue weighted by Gasteiger charge is -2.23. The van der Waals surface area contributed by atoms with Crippen LogP contribution in [0.4, 0.5) is 0 Å². The fourth-order valence-corrected chi connectivity index (χ4v) is 3.42. The summed E-state index contributed by atoms with van der Waals surface area (Å²) < 4.78 is 9.55. The third-order valence-corrected chi connectivity index (χ3v) is 4.71. The molecule has 1 fully saturated rings. The fourth-order valence-electron chi connectivity index (χ4n) is 3.42. The van der Waals surface area contributed by atoms with E-state index in [9.17, 15) is 0 Å². The van der Waals surface area contributed by atoms with Crippen molar-refractivity contribution in [2.24, 2.45) is 0 Å². The van der Waals surface area contributed by atoms with Gasteiger partial charge in [-0.25, -0.2) is 14.5 Å². The highest BCUT2D eigenvalue weighted by molar-refractivity contribution is 5.82. The lowest BCUT2D eigenvalue weighted by atomic mass is 10.1. The summed E-state index contributed by atoms with van der Waals surface area (Å²) in [5.74, 6) is 0. The zero-order chi connectivity index (χ0) is 15.9. The fraction of sp³-hybridized carbons (Fsp3) is 0.278. The van der Waals surface area contributed by atoms with Gasteiger partial charge in [0.05, 0.1) is 23.7 Å². The molecule has 4 aromatic heterocycles. The number of imidazole rings is 1. The second-order valence-electron chi connectivity index (χ2n) is 6.12. The topological polar surface area (TPSA) is 57.2 Å². The number of nitrogens with zero attached hydrogens (tertiary/aromatic N) is 5. The summed E-state index contributed by atoms with van der Waals surface area (Å²) in [6.07, 6.45) is 7.75. The normalized spacial score (nSPS) is 16.2. The Bertz CT molecular complexity index is 1010. The average molecular weight is 319 g/mol. The van der Waals surface area contributed by atoms with Crippen LogP contribution in [0, 0.1) is 0 Å². The highest BCUT2D eigenvalue weighted by Crippen LogP contribution is 2.28. The summed E-state index contributed by atoms with van der Waals surface area (Å²) >= 11 is 0. The van der Waals surface area contributed by atoms with Gasteiger partial charge in [-0.05, 0) is 37.1 Å². The van der Waals surface area contributed by atoms with Crippen LogP contribution < -0.4 is 0 Å². The van der Waals surface area contributed by atoms with Crippen molar-refractivity contribution in [2.75, 3.05) is 13.2 Å². The zero-order valence-electron chi connectivity index (χ0n) is 13.2. The molecule has 0 aromatic carbocycles. The van der Waals surface area contributed by atoms with Crippen molar-refractivity contribution in [3.63, 3.8) is 0 Å². The first-order chi connectivity index (χ1) is 11.9. The molecule has 0 amide bonds. The molecule has 0 bridgehead atoms. The molecule has 0 saturated carbocycles. The Balaban J connectivity index is 1.64. The third kappa shape index (κ3) is 2.11. The van der Waals surface area contributed by atoms with Crippen molar-refractivity contribution in [1.82, 2.24) is 24.1 Å². The molecule has 6 nitrogen and oxygen atoms in total. The van der Waals surface area contributed by atoms with E-state index in [0.717, 1.165) is 54.0 Å². The first kappa shape index (κ1) is 13.7. The second kappa shape index (κ2) is 5.42. The van der Waals surface area contributed by atoms with E-state index in [1.54, 1.807) is 0 Å². The number of fused-ring (bicyclic) bond motifs is 2. The van der Waals surface area contributed by atoms with Crippen LogP contribution in [0.2, 0.25) is 0 Å². The highest BCUT2D eigenvalue weighted by Gasteiger charge is 2.19. The van der Waals surface area contributed by atoms with Gasteiger partial charge in [0.2, 0.25) is 0 Å². The van der Waals surface area contributed by atoms with E-state index in [1.165, 1.54) is 0 Å². The van der Waals surface area contributed by atoms with E-state index in [4.69, 9.17) is 9.72 Å². The molecule has 0 unspecified atom stereocenters. The number of hydrogen-bond acceptors (Lipinski definition) is 4. The van der Waals surface area contributed by atoms with E-state index >= 15 is 0 Å². The van der Waals surface area contributed by atoms with E-state index in [1.807, 2.05) is 47.5 Å². The predicted molar refractivity (Wildman–Crippen MR) is 90.8 cm³/mol. The molecule has 0 spiro atoms. The smallest absolute Gasteiger partial charge is 0.160 e. The van der Waals surface area contributed by atoms with Crippen LogP contribution in [0.5, 0.6) is 0 Å². The Labute approximate surface area is 138 Å². The van der Waals surface area contributed by atoms with Gasteiger partial charge in [0.25, 0.3) is 0 Å². The number of aromatic nitrogens is 5. The van der Waals surface area contributed by atoms with Crippen molar-refractivity contribution in [1.29, 1.82) is 0 Å². The Hall–Kier alpha value is -2.73. The Morgan fingerprint density at radius 2 is 2.00 bits per heavy atom. The lowest BCUT2D eigenvalue weighted by Crippen LogP contribution is -2.19. The predicted octanol–water partition coefficient (Wildman–Crippen LogP) is 3.10. The zero-order valence-corrected chi connectivity index (χ0v) is 13.2. The highest BCUT2D eigenvalue weighted by atomic mass is 16.5. The molecule has 5 rings (SSSR count). The molecule has 0 atom stereocenters. The van der Waals surface area contributed by atoms with Crippen LogP contribution in [0.3, 0.4) is 0 Å². The van der Waals surface area contributed by atoms with Gasteiger partial charge in [0.15, 0.2) is 5.65 Å². The molecule has 24 heavy (non-hydrogen) atoms. The van der Waals surface area contributed by atoms with Crippen LogP contribution in [0.25, 0.3) is 27.9 Å². The van der Waals surface area contributed by atoms with Crippen molar-refractivity contribution >= 4 is 16.7 Å². The van der Waals surface area contributed by atoms with Crippen molar-refractivity contribution in [3.05, 3.63) is 49.1 Å². The second-order valence-corrected chi connectivity index (χ2v) is 6.12. The summed E-state index contributed by atoms with van der Waals surface area (Å²) in [5, 5.41) is 4.41. The molecule has 0 radical (unpaired) electrons. The molecular formula is C18H17N5O. The number of ether oxygens (including phenoxy) is 1. The van der Waals surface area contributed by atoms with Crippen LogP contribution in [0.1, 0.15) is 18.9 Å². The molecule has 1 aliphatic heterocycles. The number of rotatable bonds is 2. The van der Waals surface area contributed by atoms with Gasteiger partial charge in [-0.15, -0.1) is 0 Å². The molecular weight excluding hydrogens is 302 g/mol. The lowest BCUT2D eigenvalue weighted by molar-refractivity contribution is 0.0704. The maximum Gasteiger partial charge on any atom is 0.160 e. The van der Waals surface area contributed by atoms with Gasteiger partial charge in [-0.3, -0.25) is 0 Å². The van der Waals surface area contributed by atoms with Gasteiger partial charge >= 0.3 is 0 Å². The van der Waals surface area contributed by atoms with Gasteiger partial charge < -0.3 is 9.30 Å². The summed E-state index contributed by atoms with van der Waals surface area (Å²) in [4.78, 5) is 9.43. The molecule has 120 valence electrons. The van der Waals surface area contributed by atoms with Crippen LogP contribution in [-0.2, 0) is 4.74 Å². The molecule has 5 heterocycles. The van der Waals surface area contributed by atoms with Gasteiger partial charge in [-0.2, -0.15) is 5.10 Å². The monoisotopic (exact) mass is 319 g/mol. The SMILES string of the molecule is c1ccn2ncc(-c3ccc4ncn(C5CCOCC5)c4n3)c2c1. The van der Waals surface area contributed by atoms with Crippen molar-refractivity contribution in [2.45, 2.75) is 18.9 Å².